The van der Waals surface area contributed by atoms with E-state index in [1.165, 1.54) is 5.56 Å². The SMILES string of the molecule is Cc1cc(C)c2oc(=O)cc(CN3CCN(CCC4OCCO4)CC3)c2c1. The molecule has 6 nitrogen and oxygen atoms in total. The summed E-state index contributed by atoms with van der Waals surface area (Å²) in [4.78, 5) is 16.9. The highest BCUT2D eigenvalue weighted by atomic mass is 16.7. The van der Waals surface area contributed by atoms with E-state index in [0.717, 1.165) is 81.0 Å². The average Bonchev–Trinajstić information content (AvgIpc) is 3.16. The molecule has 0 unspecified atom stereocenters. The number of aryl methyl sites for hydroxylation is 2. The molecule has 2 saturated heterocycles. The highest BCUT2D eigenvalue weighted by molar-refractivity contribution is 5.83. The lowest BCUT2D eigenvalue weighted by Gasteiger charge is -2.35. The van der Waals surface area contributed by atoms with Crippen molar-refractivity contribution in [2.24, 2.45) is 0 Å². The van der Waals surface area contributed by atoms with E-state index in [4.69, 9.17) is 13.9 Å². The molecule has 1 aromatic carbocycles. The summed E-state index contributed by atoms with van der Waals surface area (Å²) in [7, 11) is 0. The molecule has 0 N–H and O–H groups in total. The number of benzene rings is 1. The molecule has 0 saturated carbocycles. The fourth-order valence-electron chi connectivity index (χ4n) is 4.08. The summed E-state index contributed by atoms with van der Waals surface area (Å²) in [6, 6.07) is 5.84. The zero-order valence-corrected chi connectivity index (χ0v) is 16.2. The highest BCUT2D eigenvalue weighted by Crippen LogP contribution is 2.24. The van der Waals surface area contributed by atoms with Crippen LogP contribution in [0.2, 0.25) is 0 Å². The van der Waals surface area contributed by atoms with Crippen molar-refractivity contribution in [2.45, 2.75) is 33.1 Å². The summed E-state index contributed by atoms with van der Waals surface area (Å²) in [6.07, 6.45) is 0.910. The molecule has 0 atom stereocenters. The van der Waals surface area contributed by atoms with Crippen LogP contribution in [0.5, 0.6) is 0 Å². The van der Waals surface area contributed by atoms with Crippen LogP contribution in [-0.4, -0.2) is 62.0 Å². The number of hydrogen-bond acceptors (Lipinski definition) is 6. The number of piperazine rings is 1. The van der Waals surface area contributed by atoms with Gasteiger partial charge >= 0.3 is 5.63 Å². The fourth-order valence-corrected chi connectivity index (χ4v) is 4.08. The van der Waals surface area contributed by atoms with Gasteiger partial charge in [-0.2, -0.15) is 0 Å². The maximum atomic E-state index is 12.0. The van der Waals surface area contributed by atoms with Gasteiger partial charge in [0.2, 0.25) is 0 Å². The van der Waals surface area contributed by atoms with Crippen LogP contribution in [0.15, 0.2) is 27.4 Å². The molecule has 6 heteroatoms. The van der Waals surface area contributed by atoms with E-state index in [0.29, 0.717) is 0 Å². The molecule has 0 aliphatic carbocycles. The normalized spacial score (nSPS) is 19.9. The topological polar surface area (TPSA) is 55.2 Å². The summed E-state index contributed by atoms with van der Waals surface area (Å²) >= 11 is 0. The maximum absolute atomic E-state index is 12.0. The van der Waals surface area contributed by atoms with Crippen molar-refractivity contribution in [3.8, 4) is 0 Å². The summed E-state index contributed by atoms with van der Waals surface area (Å²) in [6.45, 7) is 11.4. The second kappa shape index (κ2) is 8.10. The highest BCUT2D eigenvalue weighted by Gasteiger charge is 2.21. The molecule has 146 valence electrons. The first-order chi connectivity index (χ1) is 13.1. The van der Waals surface area contributed by atoms with Crippen LogP contribution in [0.4, 0.5) is 0 Å². The zero-order chi connectivity index (χ0) is 18.8. The summed E-state index contributed by atoms with van der Waals surface area (Å²) in [5.41, 5.74) is 3.73. The Balaban J connectivity index is 1.39. The van der Waals surface area contributed by atoms with Gasteiger partial charge in [-0.1, -0.05) is 6.07 Å². The van der Waals surface area contributed by atoms with Crippen molar-refractivity contribution in [1.29, 1.82) is 0 Å². The second-order valence-corrected chi connectivity index (χ2v) is 7.63. The molecule has 2 aliphatic heterocycles. The molecular weight excluding hydrogens is 344 g/mol. The molecule has 4 rings (SSSR count). The van der Waals surface area contributed by atoms with E-state index < -0.39 is 0 Å². The van der Waals surface area contributed by atoms with Gasteiger partial charge in [0.05, 0.1) is 13.2 Å². The quantitative estimate of drug-likeness (QED) is 0.751. The van der Waals surface area contributed by atoms with Crippen molar-refractivity contribution in [3.63, 3.8) is 0 Å². The number of fused-ring (bicyclic) bond motifs is 1. The minimum atomic E-state index is -0.264. The van der Waals surface area contributed by atoms with Crippen LogP contribution < -0.4 is 5.63 Å². The third kappa shape index (κ3) is 4.41. The van der Waals surface area contributed by atoms with E-state index in [-0.39, 0.29) is 11.9 Å². The van der Waals surface area contributed by atoms with Gasteiger partial charge in [0.1, 0.15) is 5.58 Å². The standard InChI is InChI=1S/C21H28N2O4/c1-15-11-16(2)21-18(12-15)17(13-19(24)27-21)14-23-7-5-22(6-8-23)4-3-20-25-9-10-26-20/h11-13,20H,3-10,14H2,1-2H3. The minimum absolute atomic E-state index is 0.0237. The third-order valence-electron chi connectivity index (χ3n) is 5.49. The number of rotatable bonds is 5. The predicted octanol–water partition coefficient (Wildman–Crippen LogP) is 2.29. The van der Waals surface area contributed by atoms with Gasteiger partial charge < -0.3 is 18.8 Å². The summed E-state index contributed by atoms with van der Waals surface area (Å²) < 4.78 is 16.5. The first kappa shape index (κ1) is 18.6. The van der Waals surface area contributed by atoms with Gasteiger partial charge in [-0.3, -0.25) is 4.90 Å². The Labute approximate surface area is 159 Å². The minimum Gasteiger partial charge on any atom is -0.422 e. The molecule has 0 bridgehead atoms. The lowest BCUT2D eigenvalue weighted by atomic mass is 10.0. The Bertz CT molecular complexity index is 849. The largest absolute Gasteiger partial charge is 0.422 e. The Hall–Kier alpha value is -1.73. The van der Waals surface area contributed by atoms with Crippen LogP contribution in [0.3, 0.4) is 0 Å². The molecule has 1 aromatic heterocycles. The molecular formula is C21H28N2O4. The smallest absolute Gasteiger partial charge is 0.336 e. The fraction of sp³-hybridized carbons (Fsp3) is 0.571. The monoisotopic (exact) mass is 372 g/mol. The van der Waals surface area contributed by atoms with Crippen LogP contribution in [0, 0.1) is 13.8 Å². The van der Waals surface area contributed by atoms with E-state index >= 15 is 0 Å². The molecule has 0 amide bonds. The molecule has 0 spiro atoms. The molecule has 3 heterocycles. The average molecular weight is 372 g/mol. The molecule has 2 aromatic rings. The van der Waals surface area contributed by atoms with Crippen LogP contribution in [0.25, 0.3) is 11.0 Å². The van der Waals surface area contributed by atoms with Crippen LogP contribution >= 0.6 is 0 Å². The number of nitrogens with zero attached hydrogens (tertiary/aromatic N) is 2. The lowest BCUT2D eigenvalue weighted by molar-refractivity contribution is -0.0533. The summed E-state index contributed by atoms with van der Waals surface area (Å²) in [5.74, 6) is 0. The van der Waals surface area contributed by atoms with E-state index in [1.807, 2.05) is 6.92 Å². The van der Waals surface area contributed by atoms with E-state index in [1.54, 1.807) is 6.07 Å². The molecule has 27 heavy (non-hydrogen) atoms. The van der Waals surface area contributed by atoms with Gasteiger partial charge in [-0.25, -0.2) is 4.79 Å². The Morgan fingerprint density at radius 2 is 1.70 bits per heavy atom. The van der Waals surface area contributed by atoms with Crippen molar-refractivity contribution < 1.29 is 13.9 Å². The Morgan fingerprint density at radius 1 is 1.00 bits per heavy atom. The van der Waals surface area contributed by atoms with Crippen molar-refractivity contribution in [2.75, 3.05) is 45.9 Å². The van der Waals surface area contributed by atoms with Crippen LogP contribution in [0.1, 0.15) is 23.1 Å². The van der Waals surface area contributed by atoms with Crippen molar-refractivity contribution in [3.05, 3.63) is 45.3 Å². The lowest BCUT2D eigenvalue weighted by Crippen LogP contribution is -2.46. The first-order valence-corrected chi connectivity index (χ1v) is 9.80. The van der Waals surface area contributed by atoms with Gasteiger partial charge in [0, 0.05) is 57.1 Å². The molecule has 2 aliphatic rings. The predicted molar refractivity (Wildman–Crippen MR) is 104 cm³/mol. The molecule has 2 fully saturated rings. The number of ether oxygens (including phenoxy) is 2. The molecule has 0 radical (unpaired) electrons. The number of hydrogen-bond donors (Lipinski definition) is 0. The van der Waals surface area contributed by atoms with Crippen molar-refractivity contribution >= 4 is 11.0 Å². The van der Waals surface area contributed by atoms with Gasteiger partial charge in [-0.05, 0) is 36.6 Å². The third-order valence-corrected chi connectivity index (χ3v) is 5.49. The first-order valence-electron chi connectivity index (χ1n) is 9.80. The Kier molecular flexibility index (Phi) is 5.59. The zero-order valence-electron chi connectivity index (χ0n) is 16.2. The summed E-state index contributed by atoms with van der Waals surface area (Å²) in [5, 5.41) is 1.06. The van der Waals surface area contributed by atoms with Gasteiger partial charge in [0.15, 0.2) is 6.29 Å². The van der Waals surface area contributed by atoms with Gasteiger partial charge in [0.25, 0.3) is 0 Å². The van der Waals surface area contributed by atoms with Crippen molar-refractivity contribution in [1.82, 2.24) is 9.80 Å². The second-order valence-electron chi connectivity index (χ2n) is 7.63. The van der Waals surface area contributed by atoms with E-state index in [9.17, 15) is 4.79 Å². The van der Waals surface area contributed by atoms with Gasteiger partial charge in [-0.15, -0.1) is 0 Å². The van der Waals surface area contributed by atoms with E-state index in [2.05, 4.69) is 28.9 Å². The van der Waals surface area contributed by atoms with Crippen LogP contribution in [-0.2, 0) is 16.0 Å². The maximum Gasteiger partial charge on any atom is 0.336 e. The Morgan fingerprint density at radius 3 is 2.44 bits per heavy atom.